The normalized spacial score (nSPS) is 14.8. The Bertz CT molecular complexity index is 834. The van der Waals surface area contributed by atoms with Crippen LogP contribution in [0.1, 0.15) is 31.9 Å². The number of rotatable bonds is 2. The number of anilines is 2. The van der Waals surface area contributed by atoms with Crippen molar-refractivity contribution >= 4 is 21.4 Å². The average molecular weight is 330 g/mol. The van der Waals surface area contributed by atoms with Crippen LogP contribution in [0.15, 0.2) is 47.4 Å². The van der Waals surface area contributed by atoms with E-state index in [2.05, 4.69) is 20.8 Å². The van der Waals surface area contributed by atoms with E-state index in [0.717, 1.165) is 11.1 Å². The summed E-state index contributed by atoms with van der Waals surface area (Å²) in [5.74, 6) is 0. The van der Waals surface area contributed by atoms with Crippen molar-refractivity contribution in [3.63, 3.8) is 0 Å². The summed E-state index contributed by atoms with van der Waals surface area (Å²) in [6.45, 7) is 6.75. The fourth-order valence-corrected chi connectivity index (χ4v) is 4.47. The molecule has 0 spiro atoms. The largest absolute Gasteiger partial charge is 0.397 e. The van der Waals surface area contributed by atoms with Crippen LogP contribution in [0.4, 0.5) is 11.4 Å². The Balaban J connectivity index is 2.02. The van der Waals surface area contributed by atoms with Gasteiger partial charge < -0.3 is 5.73 Å². The third kappa shape index (κ3) is 2.70. The van der Waals surface area contributed by atoms with Crippen LogP contribution in [0.2, 0.25) is 0 Å². The predicted octanol–water partition coefficient (Wildman–Crippen LogP) is 3.32. The van der Waals surface area contributed by atoms with Crippen molar-refractivity contribution in [3.05, 3.63) is 53.6 Å². The minimum Gasteiger partial charge on any atom is -0.397 e. The average Bonchev–Trinajstić information content (AvgIpc) is 2.93. The van der Waals surface area contributed by atoms with Gasteiger partial charge in [0.25, 0.3) is 10.0 Å². The molecule has 2 aromatic rings. The molecule has 0 saturated heterocycles. The SMILES string of the molecule is CC(C)(C)c1ccc(S(=O)(=O)N2CCc3cccc(N)c32)cc1. The Morgan fingerprint density at radius 1 is 1.04 bits per heavy atom. The molecular weight excluding hydrogens is 308 g/mol. The molecule has 0 fully saturated rings. The highest BCUT2D eigenvalue weighted by Crippen LogP contribution is 2.37. The van der Waals surface area contributed by atoms with E-state index >= 15 is 0 Å². The number of para-hydroxylation sites is 1. The second-order valence-corrected chi connectivity index (χ2v) is 8.82. The molecule has 0 aliphatic carbocycles. The summed E-state index contributed by atoms with van der Waals surface area (Å²) in [7, 11) is -3.58. The van der Waals surface area contributed by atoms with Gasteiger partial charge in [-0.15, -0.1) is 0 Å². The third-order valence-electron chi connectivity index (χ3n) is 4.29. The highest BCUT2D eigenvalue weighted by atomic mass is 32.2. The molecule has 5 heteroatoms. The molecule has 3 rings (SSSR count). The molecule has 122 valence electrons. The summed E-state index contributed by atoms with van der Waals surface area (Å²) in [5, 5.41) is 0. The Morgan fingerprint density at radius 2 is 1.70 bits per heavy atom. The molecule has 23 heavy (non-hydrogen) atoms. The fourth-order valence-electron chi connectivity index (χ4n) is 2.95. The van der Waals surface area contributed by atoms with Gasteiger partial charge in [-0.05, 0) is 41.2 Å². The molecule has 4 nitrogen and oxygen atoms in total. The van der Waals surface area contributed by atoms with Crippen molar-refractivity contribution in [1.29, 1.82) is 0 Å². The molecule has 2 N–H and O–H groups in total. The van der Waals surface area contributed by atoms with E-state index in [1.54, 1.807) is 18.2 Å². The molecule has 2 aromatic carbocycles. The first-order valence-electron chi connectivity index (χ1n) is 7.72. The lowest BCUT2D eigenvalue weighted by molar-refractivity contribution is 0.585. The molecular formula is C18H22N2O2S. The maximum absolute atomic E-state index is 13.0. The minimum absolute atomic E-state index is 0.00698. The van der Waals surface area contributed by atoms with Crippen LogP contribution < -0.4 is 10.0 Å². The van der Waals surface area contributed by atoms with Gasteiger partial charge in [0.1, 0.15) is 0 Å². The van der Waals surface area contributed by atoms with Crippen LogP contribution >= 0.6 is 0 Å². The fraction of sp³-hybridized carbons (Fsp3) is 0.333. The molecule has 0 radical (unpaired) electrons. The summed E-state index contributed by atoms with van der Waals surface area (Å²) in [5.41, 5.74) is 9.24. The Labute approximate surface area is 138 Å². The van der Waals surface area contributed by atoms with Gasteiger partial charge in [0.15, 0.2) is 0 Å². The van der Waals surface area contributed by atoms with E-state index in [9.17, 15) is 8.42 Å². The Hall–Kier alpha value is -2.01. The first-order valence-corrected chi connectivity index (χ1v) is 9.16. The molecule has 0 unspecified atom stereocenters. The van der Waals surface area contributed by atoms with Gasteiger partial charge in [0.05, 0.1) is 16.3 Å². The number of benzene rings is 2. The molecule has 0 atom stereocenters. The van der Waals surface area contributed by atoms with Crippen molar-refractivity contribution < 1.29 is 8.42 Å². The molecule has 0 saturated carbocycles. The standard InChI is InChI=1S/C18H22N2O2S/c1-18(2,3)14-7-9-15(10-8-14)23(21,22)20-12-11-13-5-4-6-16(19)17(13)20/h4-10H,11-12,19H2,1-3H3. The van der Waals surface area contributed by atoms with E-state index in [4.69, 9.17) is 5.73 Å². The lowest BCUT2D eigenvalue weighted by Crippen LogP contribution is -2.29. The van der Waals surface area contributed by atoms with Crippen molar-refractivity contribution in [2.24, 2.45) is 0 Å². The zero-order valence-corrected chi connectivity index (χ0v) is 14.5. The first-order chi connectivity index (χ1) is 10.7. The van der Waals surface area contributed by atoms with Crippen molar-refractivity contribution in [2.75, 3.05) is 16.6 Å². The smallest absolute Gasteiger partial charge is 0.264 e. The van der Waals surface area contributed by atoms with E-state index < -0.39 is 10.0 Å². The molecule has 0 bridgehead atoms. The summed E-state index contributed by atoms with van der Waals surface area (Å²) >= 11 is 0. The van der Waals surface area contributed by atoms with Gasteiger partial charge in [-0.1, -0.05) is 45.0 Å². The number of fused-ring (bicyclic) bond motifs is 1. The van der Waals surface area contributed by atoms with E-state index in [-0.39, 0.29) is 5.41 Å². The van der Waals surface area contributed by atoms with Crippen molar-refractivity contribution in [1.82, 2.24) is 0 Å². The second-order valence-electron chi connectivity index (χ2n) is 6.96. The summed E-state index contributed by atoms with van der Waals surface area (Å²) in [6.07, 6.45) is 0.694. The van der Waals surface area contributed by atoms with Gasteiger partial charge in [0.2, 0.25) is 0 Å². The predicted molar refractivity (Wildman–Crippen MR) is 94.2 cm³/mol. The molecule has 0 aromatic heterocycles. The minimum atomic E-state index is -3.58. The van der Waals surface area contributed by atoms with Crippen LogP contribution in [0.25, 0.3) is 0 Å². The quantitative estimate of drug-likeness (QED) is 0.859. The molecule has 1 aliphatic heterocycles. The number of hydrogen-bond donors (Lipinski definition) is 1. The highest BCUT2D eigenvalue weighted by Gasteiger charge is 2.32. The van der Waals surface area contributed by atoms with Gasteiger partial charge in [0, 0.05) is 6.54 Å². The van der Waals surface area contributed by atoms with Crippen LogP contribution in [-0.2, 0) is 21.9 Å². The number of nitrogen functional groups attached to an aromatic ring is 1. The maximum Gasteiger partial charge on any atom is 0.264 e. The highest BCUT2D eigenvalue weighted by molar-refractivity contribution is 7.92. The zero-order valence-electron chi connectivity index (χ0n) is 13.7. The molecule has 1 aliphatic rings. The number of sulfonamides is 1. The topological polar surface area (TPSA) is 63.4 Å². The summed E-state index contributed by atoms with van der Waals surface area (Å²) in [4.78, 5) is 0.307. The molecule has 1 heterocycles. The van der Waals surface area contributed by atoms with E-state index in [1.165, 1.54) is 4.31 Å². The van der Waals surface area contributed by atoms with Crippen molar-refractivity contribution in [3.8, 4) is 0 Å². The third-order valence-corrected chi connectivity index (χ3v) is 6.11. The van der Waals surface area contributed by atoms with Gasteiger partial charge in [-0.3, -0.25) is 4.31 Å². The number of nitrogens with two attached hydrogens (primary N) is 1. The Morgan fingerprint density at radius 3 is 2.30 bits per heavy atom. The van der Waals surface area contributed by atoms with Crippen LogP contribution in [0.5, 0.6) is 0 Å². The van der Waals surface area contributed by atoms with Gasteiger partial charge in [-0.2, -0.15) is 0 Å². The van der Waals surface area contributed by atoms with Gasteiger partial charge >= 0.3 is 0 Å². The Kier molecular flexibility index (Phi) is 3.64. The zero-order chi connectivity index (χ0) is 16.8. The summed E-state index contributed by atoms with van der Waals surface area (Å²) in [6, 6.07) is 12.7. The number of hydrogen-bond acceptors (Lipinski definition) is 3. The van der Waals surface area contributed by atoms with Crippen molar-refractivity contribution in [2.45, 2.75) is 37.5 Å². The van der Waals surface area contributed by atoms with E-state index in [1.807, 2.05) is 24.3 Å². The van der Waals surface area contributed by atoms with Gasteiger partial charge in [-0.25, -0.2) is 8.42 Å². The number of nitrogens with zero attached hydrogens (tertiary/aromatic N) is 1. The second kappa shape index (κ2) is 5.27. The van der Waals surface area contributed by atoms with Crippen LogP contribution in [0.3, 0.4) is 0 Å². The lowest BCUT2D eigenvalue weighted by Gasteiger charge is -2.22. The maximum atomic E-state index is 13.0. The lowest BCUT2D eigenvalue weighted by atomic mass is 9.87. The van der Waals surface area contributed by atoms with Crippen LogP contribution in [0, 0.1) is 0 Å². The molecule has 0 amide bonds. The first kappa shape index (κ1) is 15.9. The monoisotopic (exact) mass is 330 g/mol. The summed E-state index contributed by atoms with van der Waals surface area (Å²) < 4.78 is 27.4. The van der Waals surface area contributed by atoms with E-state index in [0.29, 0.717) is 29.2 Å². The van der Waals surface area contributed by atoms with Crippen LogP contribution in [-0.4, -0.2) is 15.0 Å².